The Morgan fingerprint density at radius 1 is 0.609 bits per heavy atom. The number of nitrogens with one attached hydrogen (secondary N) is 1. The van der Waals surface area contributed by atoms with E-state index in [1.54, 1.807) is 6.20 Å². The molecule has 0 saturated heterocycles. The summed E-state index contributed by atoms with van der Waals surface area (Å²) in [5.74, 6) is 0. The zero-order valence-electron chi connectivity index (χ0n) is 24.9. The van der Waals surface area contributed by atoms with E-state index >= 15 is 0 Å². The molecule has 9 rings (SSSR count). The molecule has 0 atom stereocenters. The molecule has 0 unspecified atom stereocenters. The van der Waals surface area contributed by atoms with E-state index in [0.29, 0.717) is 0 Å². The first-order valence-electron chi connectivity index (χ1n) is 14.9. The average molecular weight is 786 g/mol. The number of para-hydroxylation sites is 1. The van der Waals surface area contributed by atoms with Crippen LogP contribution in [0.4, 0.5) is 11.4 Å². The van der Waals surface area contributed by atoms with Gasteiger partial charge < -0.3 is 15.3 Å². The molecular weight excluding hydrogens is 759 g/mol. The van der Waals surface area contributed by atoms with Gasteiger partial charge in [0.1, 0.15) is 0 Å². The second-order valence-corrected chi connectivity index (χ2v) is 12.0. The van der Waals surface area contributed by atoms with Gasteiger partial charge in [0.25, 0.3) is 0 Å². The minimum atomic E-state index is 0. The molecule has 0 fully saturated rings. The van der Waals surface area contributed by atoms with Gasteiger partial charge in [-0.15, -0.1) is 71.0 Å². The SMILES string of the molecule is Cc1c2cc3sc4ccccc4c3c1-c1ccccc1Nc1c[c-]c(-c3ccccn3)cc1-2.[Ir].[c-]1ccccc1-c1ccccn1. The van der Waals surface area contributed by atoms with E-state index in [4.69, 9.17) is 0 Å². The second kappa shape index (κ2) is 12.8. The van der Waals surface area contributed by atoms with Crippen LogP contribution in [0, 0.1) is 19.1 Å². The Bertz CT molecular complexity index is 2260. The van der Waals surface area contributed by atoms with Gasteiger partial charge in [-0.1, -0.05) is 66.2 Å². The van der Waals surface area contributed by atoms with Crippen LogP contribution in [-0.4, -0.2) is 9.97 Å². The molecule has 0 spiro atoms. The molecule has 0 aliphatic carbocycles. The normalized spacial score (nSPS) is 11.2. The summed E-state index contributed by atoms with van der Waals surface area (Å²) < 4.78 is 2.65. The van der Waals surface area contributed by atoms with Crippen molar-refractivity contribution >= 4 is 42.9 Å². The molecule has 46 heavy (non-hydrogen) atoms. The fourth-order valence-corrected chi connectivity index (χ4v) is 7.27. The minimum absolute atomic E-state index is 0. The Morgan fingerprint density at radius 3 is 2.09 bits per heavy atom. The Morgan fingerprint density at radius 2 is 1.33 bits per heavy atom. The van der Waals surface area contributed by atoms with Crippen LogP contribution in [0.25, 0.3) is 64.9 Å². The first-order valence-corrected chi connectivity index (χ1v) is 15.7. The number of benzene rings is 5. The average Bonchev–Trinajstić information content (AvgIpc) is 3.48. The van der Waals surface area contributed by atoms with Crippen molar-refractivity contribution in [3.8, 4) is 44.8 Å². The largest absolute Gasteiger partial charge is 0.394 e. The van der Waals surface area contributed by atoms with Crippen molar-refractivity contribution in [2.75, 3.05) is 5.32 Å². The summed E-state index contributed by atoms with van der Waals surface area (Å²) >= 11 is 1.87. The van der Waals surface area contributed by atoms with E-state index in [9.17, 15) is 0 Å². The van der Waals surface area contributed by atoms with E-state index in [1.165, 1.54) is 48.0 Å². The molecule has 8 aromatic rings. The van der Waals surface area contributed by atoms with E-state index in [1.807, 2.05) is 78.2 Å². The standard InChI is InChI=1S/C30H19N2S.C11H8N.Ir/c1-18-22-17-28-30(21-9-3-5-12-27(21)33-28)29(18)20-8-2-4-11-25(20)32-26-14-13-19(16-23(22)26)24-10-6-7-15-31-24;1-2-6-10(7-3-1)11-8-4-5-9-12-11;/h2-12,14-17,32H,1H3;1-6,8-9H;/q2*-1;. The van der Waals surface area contributed by atoms with Gasteiger partial charge in [0.05, 0.1) is 0 Å². The molecular formula is C41H27IrN3S-2. The molecule has 0 amide bonds. The third-order valence-corrected chi connectivity index (χ3v) is 9.34. The van der Waals surface area contributed by atoms with Crippen molar-refractivity contribution in [3.63, 3.8) is 0 Å². The molecule has 4 heterocycles. The van der Waals surface area contributed by atoms with Crippen LogP contribution in [-0.2, 0) is 20.1 Å². The molecule has 223 valence electrons. The zero-order valence-corrected chi connectivity index (χ0v) is 28.1. The number of rotatable bonds is 2. The number of anilines is 2. The van der Waals surface area contributed by atoms with Crippen LogP contribution in [0.1, 0.15) is 5.56 Å². The van der Waals surface area contributed by atoms with Crippen molar-refractivity contribution in [1.29, 1.82) is 0 Å². The molecule has 1 aliphatic rings. The third kappa shape index (κ3) is 5.43. The fourth-order valence-electron chi connectivity index (χ4n) is 6.12. The summed E-state index contributed by atoms with van der Waals surface area (Å²) in [4.78, 5) is 8.78. The van der Waals surface area contributed by atoms with Gasteiger partial charge in [0.15, 0.2) is 0 Å². The summed E-state index contributed by atoms with van der Waals surface area (Å²) in [7, 11) is 0. The van der Waals surface area contributed by atoms with Crippen LogP contribution in [0.2, 0.25) is 0 Å². The van der Waals surface area contributed by atoms with Gasteiger partial charge in [-0.05, 0) is 71.0 Å². The summed E-state index contributed by atoms with van der Waals surface area (Å²) in [5, 5.41) is 6.39. The smallest absolute Gasteiger partial charge is 0.0381 e. The molecule has 3 nitrogen and oxygen atoms in total. The Balaban J connectivity index is 0.000000220. The van der Waals surface area contributed by atoms with Crippen molar-refractivity contribution in [2.24, 2.45) is 0 Å². The number of hydrogen-bond acceptors (Lipinski definition) is 4. The summed E-state index contributed by atoms with van der Waals surface area (Å²) in [6, 6.07) is 50.3. The molecule has 3 aromatic heterocycles. The Kier molecular flexibility index (Phi) is 8.30. The van der Waals surface area contributed by atoms with Gasteiger partial charge in [-0.2, -0.15) is 0 Å². The number of thiophene rings is 1. The van der Waals surface area contributed by atoms with Crippen molar-refractivity contribution in [2.45, 2.75) is 6.92 Å². The summed E-state index contributed by atoms with van der Waals surface area (Å²) in [6.07, 6.45) is 3.62. The van der Waals surface area contributed by atoms with Gasteiger partial charge in [0.2, 0.25) is 0 Å². The number of pyridine rings is 2. The quantitative estimate of drug-likeness (QED) is 0.177. The Labute approximate surface area is 286 Å². The topological polar surface area (TPSA) is 37.8 Å². The van der Waals surface area contributed by atoms with E-state index in [-0.39, 0.29) is 20.1 Å². The van der Waals surface area contributed by atoms with Crippen LogP contribution >= 0.6 is 11.3 Å². The van der Waals surface area contributed by atoms with Crippen molar-refractivity contribution in [1.82, 2.24) is 9.97 Å². The molecule has 2 bridgehead atoms. The molecule has 1 aliphatic heterocycles. The maximum Gasteiger partial charge on any atom is 0.0381 e. The molecule has 0 saturated carbocycles. The summed E-state index contributed by atoms with van der Waals surface area (Å²) in [6.45, 7) is 2.26. The first kappa shape index (κ1) is 29.8. The fraction of sp³-hybridized carbons (Fsp3) is 0.0244. The predicted molar refractivity (Wildman–Crippen MR) is 189 cm³/mol. The molecule has 5 aromatic carbocycles. The number of aromatic nitrogens is 2. The molecule has 1 N–H and O–H groups in total. The van der Waals surface area contributed by atoms with Gasteiger partial charge >= 0.3 is 0 Å². The molecule has 5 heteroatoms. The number of nitrogens with zero attached hydrogens (tertiary/aromatic N) is 2. The number of fused-ring (bicyclic) bond motifs is 10. The first-order chi connectivity index (χ1) is 22.2. The van der Waals surface area contributed by atoms with Crippen LogP contribution in [0.3, 0.4) is 0 Å². The van der Waals surface area contributed by atoms with E-state index in [0.717, 1.165) is 33.9 Å². The van der Waals surface area contributed by atoms with Gasteiger partial charge in [-0.25, -0.2) is 0 Å². The third-order valence-electron chi connectivity index (χ3n) is 8.22. The van der Waals surface area contributed by atoms with E-state index < -0.39 is 0 Å². The predicted octanol–water partition coefficient (Wildman–Crippen LogP) is 11.2. The van der Waals surface area contributed by atoms with Crippen LogP contribution in [0.15, 0.2) is 140 Å². The van der Waals surface area contributed by atoms with Crippen LogP contribution < -0.4 is 5.32 Å². The van der Waals surface area contributed by atoms with Gasteiger partial charge in [-0.3, -0.25) is 0 Å². The van der Waals surface area contributed by atoms with Gasteiger partial charge in [0, 0.05) is 63.9 Å². The zero-order chi connectivity index (χ0) is 30.2. The Hall–Kier alpha value is -4.93. The maximum absolute atomic E-state index is 4.56. The van der Waals surface area contributed by atoms with Crippen LogP contribution in [0.5, 0.6) is 0 Å². The summed E-state index contributed by atoms with van der Waals surface area (Å²) in [5.41, 5.74) is 12.4. The van der Waals surface area contributed by atoms with Crippen molar-refractivity contribution < 1.29 is 20.1 Å². The molecule has 1 radical (unpaired) electrons. The maximum atomic E-state index is 4.56. The monoisotopic (exact) mass is 786 g/mol. The minimum Gasteiger partial charge on any atom is -0.394 e. The van der Waals surface area contributed by atoms with Crippen molar-refractivity contribution in [3.05, 3.63) is 157 Å². The van der Waals surface area contributed by atoms with E-state index in [2.05, 4.69) is 101 Å². The second-order valence-electron chi connectivity index (χ2n) is 10.9. The number of hydrogen-bond donors (Lipinski definition) is 1.